The minimum absolute atomic E-state index is 0.00328. The minimum atomic E-state index is -0.189. The first kappa shape index (κ1) is 13.7. The van der Waals surface area contributed by atoms with Crippen LogP contribution in [-0.2, 0) is 4.79 Å². The van der Waals surface area contributed by atoms with Crippen molar-refractivity contribution in [3.8, 4) is 0 Å². The molecule has 1 saturated heterocycles. The third-order valence-corrected chi connectivity index (χ3v) is 5.32. The maximum Gasteiger partial charge on any atom is 0.234 e. The molecule has 0 radical (unpaired) electrons. The number of hydrogen-bond donors (Lipinski definition) is 4. The molecule has 1 aromatic carbocycles. The number of rotatable bonds is 2. The third kappa shape index (κ3) is 2.37. The number of carbonyl (C=O) groups excluding carboxylic acids is 1. The van der Waals surface area contributed by atoms with E-state index in [9.17, 15) is 4.79 Å². The summed E-state index contributed by atoms with van der Waals surface area (Å²) in [6.07, 6.45) is -0.189. The predicted octanol–water partition coefficient (Wildman–Crippen LogP) is 1.09. The number of guanidine groups is 1. The monoisotopic (exact) mass is 315 g/mol. The van der Waals surface area contributed by atoms with Crippen molar-refractivity contribution in [1.82, 2.24) is 21.5 Å². The summed E-state index contributed by atoms with van der Waals surface area (Å²) in [4.78, 5) is 17.8. The van der Waals surface area contributed by atoms with Crippen molar-refractivity contribution in [1.29, 1.82) is 0 Å². The summed E-state index contributed by atoms with van der Waals surface area (Å²) in [5, 5.41) is 7.39. The van der Waals surface area contributed by atoms with E-state index in [-0.39, 0.29) is 24.0 Å². The van der Waals surface area contributed by atoms with E-state index in [1.54, 1.807) is 11.3 Å². The maximum absolute atomic E-state index is 12.0. The zero-order chi connectivity index (χ0) is 15.1. The fourth-order valence-corrected chi connectivity index (χ4v) is 3.86. The van der Waals surface area contributed by atoms with Crippen LogP contribution in [0.4, 0.5) is 0 Å². The van der Waals surface area contributed by atoms with Crippen molar-refractivity contribution < 1.29 is 4.79 Å². The van der Waals surface area contributed by atoms with E-state index in [2.05, 4.69) is 51.6 Å². The highest BCUT2D eigenvalue weighted by atomic mass is 32.1. The molecule has 2 aromatic rings. The van der Waals surface area contributed by atoms with Crippen LogP contribution in [0.15, 0.2) is 35.3 Å². The second-order valence-electron chi connectivity index (χ2n) is 5.60. The molecule has 6 nitrogen and oxygen atoms in total. The van der Waals surface area contributed by atoms with Crippen molar-refractivity contribution in [2.75, 3.05) is 6.54 Å². The number of carbonyl (C=O) groups is 1. The largest absolute Gasteiger partial charge is 0.349 e. The molecule has 3 heterocycles. The van der Waals surface area contributed by atoms with Gasteiger partial charge in [0.1, 0.15) is 6.17 Å². The molecular formula is C15H17N5OS. The van der Waals surface area contributed by atoms with E-state index in [1.807, 2.05) is 12.1 Å². The number of hydrazine groups is 1. The molecule has 4 N–H and O–H groups in total. The lowest BCUT2D eigenvalue weighted by molar-refractivity contribution is -0.123. The van der Waals surface area contributed by atoms with Crippen LogP contribution in [0.2, 0.25) is 0 Å². The van der Waals surface area contributed by atoms with Gasteiger partial charge in [0.15, 0.2) is 5.96 Å². The van der Waals surface area contributed by atoms with Gasteiger partial charge in [-0.05, 0) is 24.4 Å². The van der Waals surface area contributed by atoms with Crippen LogP contribution in [-0.4, -0.2) is 24.6 Å². The van der Waals surface area contributed by atoms with Crippen molar-refractivity contribution in [2.45, 2.75) is 19.1 Å². The number of hydrogen-bond acceptors (Lipinski definition) is 6. The van der Waals surface area contributed by atoms with Gasteiger partial charge >= 0.3 is 0 Å². The number of nitrogens with one attached hydrogen (secondary N) is 4. The fourth-order valence-electron chi connectivity index (χ4n) is 2.79. The smallest absolute Gasteiger partial charge is 0.234 e. The molecular weight excluding hydrogens is 298 g/mol. The van der Waals surface area contributed by atoms with E-state index < -0.39 is 0 Å². The number of amides is 1. The number of thiophene rings is 1. The molecule has 1 fully saturated rings. The molecule has 1 amide bonds. The number of benzene rings is 1. The summed E-state index contributed by atoms with van der Waals surface area (Å²) in [6, 6.07) is 10.6. The molecule has 7 heteroatoms. The Hall–Kier alpha value is -1.96. The lowest BCUT2D eigenvalue weighted by Crippen LogP contribution is -2.52. The Morgan fingerprint density at radius 3 is 3.14 bits per heavy atom. The van der Waals surface area contributed by atoms with E-state index in [1.165, 1.54) is 15.0 Å². The quantitative estimate of drug-likeness (QED) is 0.669. The van der Waals surface area contributed by atoms with Gasteiger partial charge in [-0.2, -0.15) is 0 Å². The first-order chi connectivity index (χ1) is 10.7. The molecule has 2 aliphatic heterocycles. The van der Waals surface area contributed by atoms with Gasteiger partial charge in [-0.25, -0.2) is 10.4 Å². The minimum Gasteiger partial charge on any atom is -0.349 e. The molecule has 0 saturated carbocycles. The molecule has 3 atom stereocenters. The van der Waals surface area contributed by atoms with Gasteiger partial charge in [0.2, 0.25) is 5.91 Å². The molecule has 4 rings (SSSR count). The van der Waals surface area contributed by atoms with Crippen molar-refractivity contribution in [2.24, 2.45) is 10.9 Å². The number of aliphatic imine (C=N–C) groups is 1. The Bertz CT molecular complexity index is 722. The van der Waals surface area contributed by atoms with E-state index in [0.717, 1.165) is 0 Å². The predicted molar refractivity (Wildman–Crippen MR) is 87.4 cm³/mol. The zero-order valence-electron chi connectivity index (χ0n) is 12.1. The lowest BCUT2D eigenvalue weighted by Gasteiger charge is -2.25. The van der Waals surface area contributed by atoms with Gasteiger partial charge in [0.25, 0.3) is 0 Å². The Balaban J connectivity index is 1.54. The second kappa shape index (κ2) is 5.35. The normalized spacial score (nSPS) is 25.5. The first-order valence-corrected chi connectivity index (χ1v) is 8.14. The van der Waals surface area contributed by atoms with Crippen molar-refractivity contribution >= 4 is 33.3 Å². The SMILES string of the molecule is CC(NC1=NC2NNCC2C(=O)N1)c1cc2ccccc2s1. The Morgan fingerprint density at radius 1 is 1.41 bits per heavy atom. The second-order valence-corrected chi connectivity index (χ2v) is 6.71. The summed E-state index contributed by atoms with van der Waals surface area (Å²) in [5.41, 5.74) is 5.99. The fraction of sp³-hybridized carbons (Fsp3) is 0.333. The molecule has 2 aliphatic rings. The standard InChI is InChI=1S/C15H17N5OS/c1-8(12-6-9-4-2-3-5-11(9)22-12)17-15-18-13-10(7-16-20-13)14(21)19-15/h2-6,8,10,13,16,20H,7H2,1H3,(H2,17,18,19,21). The van der Waals surface area contributed by atoms with E-state index >= 15 is 0 Å². The van der Waals surface area contributed by atoms with Gasteiger partial charge in [0, 0.05) is 16.1 Å². The maximum atomic E-state index is 12.0. The summed E-state index contributed by atoms with van der Waals surface area (Å²) in [5.74, 6) is 0.404. The average Bonchev–Trinajstić information content (AvgIpc) is 3.13. The van der Waals surface area contributed by atoms with Crippen molar-refractivity contribution in [3.05, 3.63) is 35.2 Å². The summed E-state index contributed by atoms with van der Waals surface area (Å²) in [6.45, 7) is 2.69. The number of fused-ring (bicyclic) bond motifs is 2. The first-order valence-electron chi connectivity index (χ1n) is 7.33. The molecule has 0 spiro atoms. The van der Waals surface area contributed by atoms with Crippen LogP contribution in [0.3, 0.4) is 0 Å². The highest BCUT2D eigenvalue weighted by molar-refractivity contribution is 7.19. The molecule has 0 aliphatic carbocycles. The highest BCUT2D eigenvalue weighted by Crippen LogP contribution is 2.29. The Morgan fingerprint density at radius 2 is 2.27 bits per heavy atom. The summed E-state index contributed by atoms with van der Waals surface area (Å²) < 4.78 is 1.27. The van der Waals surface area contributed by atoms with Crippen LogP contribution >= 0.6 is 11.3 Å². The van der Waals surface area contributed by atoms with E-state index in [4.69, 9.17) is 0 Å². The van der Waals surface area contributed by atoms with Crippen molar-refractivity contribution in [3.63, 3.8) is 0 Å². The topological polar surface area (TPSA) is 77.6 Å². The number of nitrogens with zero attached hydrogens (tertiary/aromatic N) is 1. The highest BCUT2D eigenvalue weighted by Gasteiger charge is 2.37. The average molecular weight is 315 g/mol. The lowest BCUT2D eigenvalue weighted by atomic mass is 10.1. The molecule has 114 valence electrons. The van der Waals surface area contributed by atoms with Gasteiger partial charge in [-0.15, -0.1) is 11.3 Å². The molecule has 3 unspecified atom stereocenters. The van der Waals surface area contributed by atoms with Gasteiger partial charge in [-0.3, -0.25) is 15.5 Å². The Labute approximate surface area is 132 Å². The molecule has 22 heavy (non-hydrogen) atoms. The van der Waals surface area contributed by atoms with Crippen LogP contribution < -0.4 is 21.5 Å². The molecule has 0 bridgehead atoms. The van der Waals surface area contributed by atoms with Crippen LogP contribution in [0.5, 0.6) is 0 Å². The van der Waals surface area contributed by atoms with Crippen LogP contribution in [0.1, 0.15) is 17.8 Å². The van der Waals surface area contributed by atoms with Crippen LogP contribution in [0.25, 0.3) is 10.1 Å². The van der Waals surface area contributed by atoms with Crippen LogP contribution in [0, 0.1) is 5.92 Å². The molecule has 1 aromatic heterocycles. The zero-order valence-corrected chi connectivity index (χ0v) is 12.9. The summed E-state index contributed by atoms with van der Waals surface area (Å²) >= 11 is 1.76. The Kier molecular flexibility index (Phi) is 3.33. The van der Waals surface area contributed by atoms with Gasteiger partial charge in [-0.1, -0.05) is 18.2 Å². The van der Waals surface area contributed by atoms with Gasteiger partial charge < -0.3 is 5.32 Å². The van der Waals surface area contributed by atoms with Gasteiger partial charge in [0.05, 0.1) is 12.0 Å². The van der Waals surface area contributed by atoms with E-state index in [0.29, 0.717) is 12.5 Å². The summed E-state index contributed by atoms with van der Waals surface area (Å²) in [7, 11) is 0. The third-order valence-electron chi connectivity index (χ3n) is 4.02.